The molecule has 0 aliphatic carbocycles. The van der Waals surface area contributed by atoms with Gasteiger partial charge in [0.1, 0.15) is 5.75 Å². The van der Waals surface area contributed by atoms with E-state index >= 15 is 0 Å². The van der Waals surface area contributed by atoms with Crippen LogP contribution in [0, 0.1) is 0 Å². The van der Waals surface area contributed by atoms with Crippen LogP contribution in [0.2, 0.25) is 0 Å². The molecule has 0 radical (unpaired) electrons. The van der Waals surface area contributed by atoms with Crippen molar-refractivity contribution in [2.24, 2.45) is 4.99 Å². The van der Waals surface area contributed by atoms with E-state index in [1.54, 1.807) is 14.2 Å². The van der Waals surface area contributed by atoms with Gasteiger partial charge in [-0.05, 0) is 42.7 Å². The van der Waals surface area contributed by atoms with Crippen molar-refractivity contribution in [2.75, 3.05) is 27.2 Å². The van der Waals surface area contributed by atoms with Gasteiger partial charge < -0.3 is 15.4 Å². The number of benzene rings is 1. The molecule has 0 fully saturated rings. The van der Waals surface area contributed by atoms with Gasteiger partial charge in [-0.3, -0.25) is 9.98 Å². The monoisotopic (exact) mass is 454 g/mol. The summed E-state index contributed by atoms with van der Waals surface area (Å²) in [4.78, 5) is 8.56. The highest BCUT2D eigenvalue weighted by atomic mass is 127. The summed E-state index contributed by atoms with van der Waals surface area (Å²) in [6, 6.07) is 14.2. The van der Waals surface area contributed by atoms with Crippen molar-refractivity contribution in [3.63, 3.8) is 0 Å². The van der Waals surface area contributed by atoms with Crippen molar-refractivity contribution in [3.8, 4) is 5.75 Å². The molecule has 1 heterocycles. The van der Waals surface area contributed by atoms with Crippen LogP contribution in [-0.2, 0) is 12.8 Å². The van der Waals surface area contributed by atoms with E-state index in [-0.39, 0.29) is 24.0 Å². The normalized spacial score (nSPS) is 10.7. The fourth-order valence-corrected chi connectivity index (χ4v) is 2.37. The number of methoxy groups -OCH3 is 1. The number of hydrogen-bond donors (Lipinski definition) is 2. The lowest BCUT2D eigenvalue weighted by Gasteiger charge is -2.11. The number of ether oxygens (including phenoxy) is 1. The van der Waals surface area contributed by atoms with Crippen molar-refractivity contribution in [2.45, 2.75) is 19.3 Å². The minimum absolute atomic E-state index is 0. The molecule has 2 N–H and O–H groups in total. The summed E-state index contributed by atoms with van der Waals surface area (Å²) in [6.07, 6.45) is 4.78. The number of aromatic nitrogens is 1. The highest BCUT2D eigenvalue weighted by molar-refractivity contribution is 14.0. The molecule has 0 saturated heterocycles. The number of nitrogens with zero attached hydrogens (tertiary/aromatic N) is 2. The quantitative estimate of drug-likeness (QED) is 0.279. The maximum absolute atomic E-state index is 5.17. The van der Waals surface area contributed by atoms with E-state index in [4.69, 9.17) is 4.74 Å². The molecule has 0 unspecified atom stereocenters. The maximum atomic E-state index is 5.17. The first-order valence-corrected chi connectivity index (χ1v) is 8.29. The Morgan fingerprint density at radius 1 is 1.04 bits per heavy atom. The van der Waals surface area contributed by atoms with Gasteiger partial charge in [-0.15, -0.1) is 24.0 Å². The molecule has 1 aromatic heterocycles. The molecule has 2 rings (SSSR count). The maximum Gasteiger partial charge on any atom is 0.190 e. The summed E-state index contributed by atoms with van der Waals surface area (Å²) in [7, 11) is 3.48. The zero-order valence-electron chi connectivity index (χ0n) is 14.9. The van der Waals surface area contributed by atoms with Gasteiger partial charge >= 0.3 is 0 Å². The summed E-state index contributed by atoms with van der Waals surface area (Å²) in [5, 5.41) is 6.66. The third-order valence-electron chi connectivity index (χ3n) is 3.72. The summed E-state index contributed by atoms with van der Waals surface area (Å²) in [5.74, 6) is 1.73. The zero-order valence-corrected chi connectivity index (χ0v) is 17.2. The second kappa shape index (κ2) is 12.5. The lowest BCUT2D eigenvalue weighted by molar-refractivity contribution is 0.414. The van der Waals surface area contributed by atoms with Gasteiger partial charge in [-0.25, -0.2) is 0 Å². The Hall–Kier alpha value is -1.83. The minimum Gasteiger partial charge on any atom is -0.497 e. The van der Waals surface area contributed by atoms with E-state index in [0.29, 0.717) is 0 Å². The van der Waals surface area contributed by atoms with Crippen LogP contribution in [0.25, 0.3) is 0 Å². The van der Waals surface area contributed by atoms with Crippen LogP contribution in [-0.4, -0.2) is 38.2 Å². The van der Waals surface area contributed by atoms with Gasteiger partial charge in [0.25, 0.3) is 0 Å². The predicted octanol–water partition coefficient (Wildman–Crippen LogP) is 3.05. The number of aliphatic imine (C=N–C) groups is 1. The molecule has 0 amide bonds. The van der Waals surface area contributed by atoms with E-state index in [9.17, 15) is 0 Å². The van der Waals surface area contributed by atoms with Gasteiger partial charge in [0, 0.05) is 38.4 Å². The zero-order chi connectivity index (χ0) is 17.0. The summed E-state index contributed by atoms with van der Waals surface area (Å²) >= 11 is 0. The number of hydrogen-bond acceptors (Lipinski definition) is 3. The minimum atomic E-state index is 0. The lowest BCUT2D eigenvalue weighted by Crippen LogP contribution is -2.38. The molecule has 0 aliphatic heterocycles. The van der Waals surface area contributed by atoms with Crippen molar-refractivity contribution < 1.29 is 4.74 Å². The van der Waals surface area contributed by atoms with Gasteiger partial charge in [0.2, 0.25) is 0 Å². The first-order valence-electron chi connectivity index (χ1n) is 8.29. The number of guanidine groups is 1. The molecular weight excluding hydrogens is 427 g/mol. The van der Waals surface area contributed by atoms with E-state index < -0.39 is 0 Å². The standard InChI is InChI=1S/C19H26N4O.HI/c1-20-19(23-15-12-17-7-3-4-13-21-17)22-14-5-6-16-8-10-18(24-2)11-9-16;/h3-4,7-11,13H,5-6,12,14-15H2,1-2H3,(H2,20,22,23);1H. The summed E-state index contributed by atoms with van der Waals surface area (Å²) < 4.78 is 5.17. The number of aryl methyl sites for hydroxylation is 1. The SMILES string of the molecule is CN=C(NCCCc1ccc(OC)cc1)NCCc1ccccn1.I. The second-order valence-electron chi connectivity index (χ2n) is 5.45. The van der Waals surface area contributed by atoms with E-state index in [2.05, 4.69) is 32.7 Å². The Morgan fingerprint density at radius 2 is 1.80 bits per heavy atom. The summed E-state index contributed by atoms with van der Waals surface area (Å²) in [5.41, 5.74) is 2.40. The molecule has 25 heavy (non-hydrogen) atoms. The first-order chi connectivity index (χ1) is 11.8. The van der Waals surface area contributed by atoms with Crippen LogP contribution in [0.15, 0.2) is 53.7 Å². The number of halogens is 1. The average molecular weight is 454 g/mol. The first kappa shape index (κ1) is 21.2. The van der Waals surface area contributed by atoms with E-state index in [1.165, 1.54) is 5.56 Å². The fraction of sp³-hybridized carbons (Fsp3) is 0.368. The molecular formula is C19H27IN4O. The van der Waals surface area contributed by atoms with Crippen LogP contribution in [0.1, 0.15) is 17.7 Å². The molecule has 0 bridgehead atoms. The molecule has 136 valence electrons. The van der Waals surface area contributed by atoms with Gasteiger partial charge in [-0.2, -0.15) is 0 Å². The Balaban J connectivity index is 0.00000312. The number of nitrogens with one attached hydrogen (secondary N) is 2. The Kier molecular flexibility index (Phi) is 10.6. The van der Waals surface area contributed by atoms with Crippen LogP contribution in [0.4, 0.5) is 0 Å². The van der Waals surface area contributed by atoms with Crippen LogP contribution in [0.3, 0.4) is 0 Å². The molecule has 0 aliphatic rings. The number of rotatable bonds is 8. The average Bonchev–Trinajstić information content (AvgIpc) is 2.65. The van der Waals surface area contributed by atoms with E-state index in [1.807, 2.05) is 36.5 Å². The fourth-order valence-electron chi connectivity index (χ4n) is 2.37. The number of pyridine rings is 1. The topological polar surface area (TPSA) is 58.5 Å². The van der Waals surface area contributed by atoms with Crippen LogP contribution >= 0.6 is 24.0 Å². The Morgan fingerprint density at radius 3 is 2.44 bits per heavy atom. The highest BCUT2D eigenvalue weighted by Crippen LogP contribution is 2.12. The molecule has 5 nitrogen and oxygen atoms in total. The van der Waals surface area contributed by atoms with Crippen molar-refractivity contribution in [1.82, 2.24) is 15.6 Å². The van der Waals surface area contributed by atoms with Gasteiger partial charge in [0.15, 0.2) is 5.96 Å². The Bertz CT molecular complexity index is 617. The lowest BCUT2D eigenvalue weighted by atomic mass is 10.1. The molecule has 2 aromatic rings. The third-order valence-corrected chi connectivity index (χ3v) is 3.72. The smallest absolute Gasteiger partial charge is 0.190 e. The van der Waals surface area contributed by atoms with E-state index in [0.717, 1.165) is 49.8 Å². The molecule has 6 heteroatoms. The van der Waals surface area contributed by atoms with Crippen molar-refractivity contribution in [1.29, 1.82) is 0 Å². The highest BCUT2D eigenvalue weighted by Gasteiger charge is 1.99. The van der Waals surface area contributed by atoms with Gasteiger partial charge in [0.05, 0.1) is 7.11 Å². The summed E-state index contributed by atoms with van der Waals surface area (Å²) in [6.45, 7) is 1.70. The molecule has 0 saturated carbocycles. The van der Waals surface area contributed by atoms with Crippen molar-refractivity contribution >= 4 is 29.9 Å². The molecule has 1 aromatic carbocycles. The van der Waals surface area contributed by atoms with Crippen molar-refractivity contribution in [3.05, 3.63) is 59.9 Å². The Labute approximate surface area is 167 Å². The largest absolute Gasteiger partial charge is 0.497 e. The van der Waals surface area contributed by atoms with Crippen LogP contribution < -0.4 is 15.4 Å². The molecule has 0 spiro atoms. The second-order valence-corrected chi connectivity index (χ2v) is 5.45. The third kappa shape index (κ3) is 8.20. The predicted molar refractivity (Wildman–Crippen MR) is 114 cm³/mol. The van der Waals surface area contributed by atoms with Crippen LogP contribution in [0.5, 0.6) is 5.75 Å². The molecule has 0 atom stereocenters. The van der Waals surface area contributed by atoms with Gasteiger partial charge in [-0.1, -0.05) is 18.2 Å².